The predicted octanol–water partition coefficient (Wildman–Crippen LogP) is 8.81. The van der Waals surface area contributed by atoms with Crippen LogP contribution < -0.4 is 0 Å². The Balaban J connectivity index is 5.76. The van der Waals surface area contributed by atoms with Crippen molar-refractivity contribution in [1.29, 1.82) is 0 Å². The van der Waals surface area contributed by atoms with E-state index in [0.717, 1.165) is 0 Å². The summed E-state index contributed by atoms with van der Waals surface area (Å²) in [5.41, 5.74) is 4.79. The number of rotatable bonds is 7. The summed E-state index contributed by atoms with van der Waals surface area (Å²) in [6.07, 6.45) is 5.07. The molecule has 0 spiro atoms. The van der Waals surface area contributed by atoms with Crippen LogP contribution in [0.1, 0.15) is 125 Å². The van der Waals surface area contributed by atoms with Gasteiger partial charge in [-0.1, -0.05) is 148 Å². The number of hydrogen-bond acceptors (Lipinski definition) is 2. The highest BCUT2D eigenvalue weighted by Gasteiger charge is 2.34. The molecule has 0 rings (SSSR count). The van der Waals surface area contributed by atoms with Gasteiger partial charge in [-0.3, -0.25) is 0 Å². The van der Waals surface area contributed by atoms with Gasteiger partial charge in [-0.05, 0) is 43.6 Å². The zero-order chi connectivity index (χ0) is 27.6. The summed E-state index contributed by atoms with van der Waals surface area (Å²) in [4.78, 5) is 0. The van der Waals surface area contributed by atoms with Gasteiger partial charge in [0.2, 0.25) is 19.5 Å². The Bertz CT molecular complexity index is 597. The summed E-state index contributed by atoms with van der Waals surface area (Å²) in [6.45, 7) is 42.0. The summed E-state index contributed by atoms with van der Waals surface area (Å²) in [5.74, 6) is 0. The van der Waals surface area contributed by atoms with E-state index in [-0.39, 0.29) is 32.5 Å². The van der Waals surface area contributed by atoms with E-state index < -0.39 is 19.5 Å². The molecule has 2 atom stereocenters. The Labute approximate surface area is 219 Å². The number of hydrogen-bond donors (Lipinski definition) is 0. The Hall–Kier alpha value is -0.166. The fourth-order valence-corrected chi connectivity index (χ4v) is 7.72. The van der Waals surface area contributed by atoms with Crippen molar-refractivity contribution >= 4 is 19.5 Å². The summed E-state index contributed by atoms with van der Waals surface area (Å²) < 4.78 is 12.3. The van der Waals surface area contributed by atoms with Crippen LogP contribution in [-0.2, 0) is 9.15 Å². The van der Waals surface area contributed by atoms with Gasteiger partial charge in [0.05, 0.1) is 0 Å². The van der Waals surface area contributed by atoms with E-state index in [4.69, 9.17) is 9.15 Å². The third-order valence-electron chi connectivity index (χ3n) is 6.77. The molecular weight excluding hydrogens is 449 g/mol. The number of allylic oxidation sites excluding steroid dienone is 4. The molecule has 0 aromatic rings. The standard InChI is InChI=1S/C30H62O2Si2/c1-25(2,3)21(26(4,5)6)19-23(29(13,14)15)33-31-32-34-24(30(16,17)18)20-22(27(7,8)9)28(10,11)12/h19-20,23-24H,33-34H2,1-18H3. The molecule has 2 nitrogen and oxygen atoms in total. The fraction of sp³-hybridized carbons (Fsp3) is 0.867. The molecule has 0 saturated carbocycles. The summed E-state index contributed by atoms with van der Waals surface area (Å²) >= 11 is 0. The van der Waals surface area contributed by atoms with E-state index in [9.17, 15) is 0 Å². The minimum absolute atomic E-state index is 0.143. The quantitative estimate of drug-likeness (QED) is 0.112. The highest BCUT2D eigenvalue weighted by atomic mass is 28.2. The third-order valence-corrected chi connectivity index (χ3v) is 11.3. The maximum absolute atomic E-state index is 6.15. The van der Waals surface area contributed by atoms with Crippen molar-refractivity contribution in [2.24, 2.45) is 32.5 Å². The van der Waals surface area contributed by atoms with E-state index in [1.54, 1.807) is 0 Å². The zero-order valence-electron chi connectivity index (χ0n) is 26.5. The monoisotopic (exact) mass is 510 g/mol. The topological polar surface area (TPSA) is 18.5 Å². The Morgan fingerprint density at radius 1 is 0.441 bits per heavy atom. The van der Waals surface area contributed by atoms with E-state index in [1.165, 1.54) is 11.1 Å². The first-order valence-electron chi connectivity index (χ1n) is 13.4. The second-order valence-electron chi connectivity index (χ2n) is 16.7. The van der Waals surface area contributed by atoms with E-state index in [1.807, 2.05) is 0 Å². The lowest BCUT2D eigenvalue weighted by molar-refractivity contribution is -0.103. The van der Waals surface area contributed by atoms with Crippen molar-refractivity contribution in [3.63, 3.8) is 0 Å². The lowest BCUT2D eigenvalue weighted by atomic mass is 9.70. The fourth-order valence-electron chi connectivity index (χ4n) is 4.99. The molecule has 0 fully saturated rings. The average Bonchev–Trinajstić information content (AvgIpc) is 2.48. The summed E-state index contributed by atoms with van der Waals surface area (Å²) in [6, 6.07) is 0. The molecule has 0 radical (unpaired) electrons. The van der Waals surface area contributed by atoms with Gasteiger partial charge < -0.3 is 9.15 Å². The van der Waals surface area contributed by atoms with Crippen LogP contribution in [0.25, 0.3) is 0 Å². The minimum Gasteiger partial charge on any atom is -0.306 e. The van der Waals surface area contributed by atoms with Gasteiger partial charge >= 0.3 is 0 Å². The molecule has 0 bridgehead atoms. The van der Waals surface area contributed by atoms with Crippen LogP contribution in [-0.4, -0.2) is 19.5 Å². The van der Waals surface area contributed by atoms with Gasteiger partial charge in [0.25, 0.3) is 0 Å². The van der Waals surface area contributed by atoms with E-state index in [0.29, 0.717) is 11.1 Å². The third kappa shape index (κ3) is 11.7. The first kappa shape index (κ1) is 33.8. The molecule has 0 N–H and O–H groups in total. The van der Waals surface area contributed by atoms with Crippen molar-refractivity contribution in [2.45, 2.75) is 136 Å². The molecule has 0 aliphatic carbocycles. The second-order valence-corrected chi connectivity index (χ2v) is 19.6. The molecule has 202 valence electrons. The van der Waals surface area contributed by atoms with Crippen molar-refractivity contribution in [3.05, 3.63) is 23.3 Å². The predicted molar refractivity (Wildman–Crippen MR) is 160 cm³/mol. The molecule has 0 heterocycles. The largest absolute Gasteiger partial charge is 0.306 e. The molecule has 0 aromatic carbocycles. The van der Waals surface area contributed by atoms with Gasteiger partial charge in [0, 0.05) is 0 Å². The molecule has 4 heteroatoms. The van der Waals surface area contributed by atoms with Crippen LogP contribution in [0.5, 0.6) is 0 Å². The zero-order valence-corrected chi connectivity index (χ0v) is 29.4. The lowest BCUT2D eigenvalue weighted by Gasteiger charge is -2.38. The van der Waals surface area contributed by atoms with Crippen molar-refractivity contribution in [1.82, 2.24) is 0 Å². The van der Waals surface area contributed by atoms with Gasteiger partial charge in [0.1, 0.15) is 0 Å². The van der Waals surface area contributed by atoms with Crippen LogP contribution in [0.2, 0.25) is 11.1 Å². The van der Waals surface area contributed by atoms with E-state index >= 15 is 0 Å². The second kappa shape index (κ2) is 11.5. The average molecular weight is 511 g/mol. The Morgan fingerprint density at radius 3 is 0.794 bits per heavy atom. The highest BCUT2D eigenvalue weighted by molar-refractivity contribution is 6.34. The highest BCUT2D eigenvalue weighted by Crippen LogP contribution is 2.45. The van der Waals surface area contributed by atoms with Gasteiger partial charge in [-0.25, -0.2) is 0 Å². The van der Waals surface area contributed by atoms with Crippen molar-refractivity contribution in [2.75, 3.05) is 0 Å². The van der Waals surface area contributed by atoms with Crippen LogP contribution in [0.3, 0.4) is 0 Å². The van der Waals surface area contributed by atoms with Crippen LogP contribution in [0.4, 0.5) is 0 Å². The van der Waals surface area contributed by atoms with Gasteiger partial charge in [-0.2, -0.15) is 0 Å². The molecular formula is C30H62O2Si2. The molecule has 0 aliphatic heterocycles. The van der Waals surface area contributed by atoms with Crippen molar-refractivity contribution < 1.29 is 9.15 Å². The Morgan fingerprint density at radius 2 is 0.647 bits per heavy atom. The lowest BCUT2D eigenvalue weighted by Crippen LogP contribution is -2.29. The van der Waals surface area contributed by atoms with E-state index in [2.05, 4.69) is 137 Å². The normalized spacial score (nSPS) is 16.9. The smallest absolute Gasteiger partial charge is 0.214 e. The van der Waals surface area contributed by atoms with Crippen LogP contribution >= 0.6 is 0 Å². The summed E-state index contributed by atoms with van der Waals surface area (Å²) in [5, 5.41) is 0. The molecule has 0 aliphatic rings. The molecule has 34 heavy (non-hydrogen) atoms. The SMILES string of the molecule is CC(C)(C)C(=CC([SiH2]OO[SiH2]C(C=C(C(C)(C)C)C(C)(C)C)C(C)(C)C)C(C)(C)C)C(C)(C)C. The van der Waals surface area contributed by atoms with Gasteiger partial charge in [0.15, 0.2) is 0 Å². The maximum atomic E-state index is 6.15. The molecule has 0 amide bonds. The van der Waals surface area contributed by atoms with Crippen LogP contribution in [0, 0.1) is 32.5 Å². The summed E-state index contributed by atoms with van der Waals surface area (Å²) in [7, 11) is -1.78. The first-order chi connectivity index (χ1) is 14.7. The Kier molecular flexibility index (Phi) is 11.4. The minimum atomic E-state index is -0.891. The van der Waals surface area contributed by atoms with Crippen molar-refractivity contribution in [3.8, 4) is 0 Å². The molecule has 0 aromatic heterocycles. The molecule has 0 saturated heterocycles. The van der Waals surface area contributed by atoms with Gasteiger partial charge in [-0.15, -0.1) is 0 Å². The first-order valence-corrected chi connectivity index (χ1v) is 16.2. The van der Waals surface area contributed by atoms with Crippen LogP contribution in [0.15, 0.2) is 23.3 Å². The maximum Gasteiger partial charge on any atom is 0.214 e. The molecule has 2 unspecified atom stereocenters.